The van der Waals surface area contributed by atoms with E-state index in [1.54, 1.807) is 0 Å². The van der Waals surface area contributed by atoms with E-state index in [-0.39, 0.29) is 0 Å². The predicted octanol–water partition coefficient (Wildman–Crippen LogP) is 2.90. The summed E-state index contributed by atoms with van der Waals surface area (Å²) in [5.74, 6) is 0.611. The fourth-order valence-electron chi connectivity index (χ4n) is 1.67. The summed E-state index contributed by atoms with van der Waals surface area (Å²) < 4.78 is 0. The van der Waals surface area contributed by atoms with Crippen molar-refractivity contribution in [3.63, 3.8) is 0 Å². The van der Waals surface area contributed by atoms with Crippen LogP contribution in [0.5, 0.6) is 0 Å². The molecule has 0 N–H and O–H groups in total. The maximum atomic E-state index is 2.28. The van der Waals surface area contributed by atoms with E-state index in [0.717, 1.165) is 6.42 Å². The van der Waals surface area contributed by atoms with Crippen LogP contribution < -0.4 is 0 Å². The zero-order chi connectivity index (χ0) is 7.68. The van der Waals surface area contributed by atoms with Gasteiger partial charge in [0.15, 0.2) is 0 Å². The van der Waals surface area contributed by atoms with Crippen LogP contribution in [0.1, 0.15) is 24.0 Å². The molecular weight excluding hydrogens is 132 g/mol. The average molecular weight is 144 g/mol. The van der Waals surface area contributed by atoms with Crippen molar-refractivity contribution < 1.29 is 0 Å². The van der Waals surface area contributed by atoms with Gasteiger partial charge >= 0.3 is 0 Å². The molecule has 1 aliphatic rings. The molecule has 0 aliphatic heterocycles. The highest BCUT2D eigenvalue weighted by molar-refractivity contribution is 5.37. The van der Waals surface area contributed by atoms with E-state index in [2.05, 4.69) is 43.3 Å². The Hall–Kier alpha value is -1.04. The Balaban J connectivity index is 2.50. The molecule has 0 amide bonds. The molecule has 11 heavy (non-hydrogen) atoms. The van der Waals surface area contributed by atoms with Crippen LogP contribution in [0.3, 0.4) is 0 Å². The molecule has 0 heterocycles. The number of benzene rings is 1. The number of fused-ring (bicyclic) bond motifs is 1. The van der Waals surface area contributed by atoms with Gasteiger partial charge in [-0.1, -0.05) is 43.3 Å². The van der Waals surface area contributed by atoms with Crippen molar-refractivity contribution in [3.8, 4) is 0 Å². The van der Waals surface area contributed by atoms with Crippen LogP contribution in [0.25, 0.3) is 0 Å². The second-order valence-electron chi connectivity index (χ2n) is 3.12. The number of allylic oxidation sites excluding steroid dienone is 2. The molecule has 2 rings (SSSR count). The summed E-state index contributed by atoms with van der Waals surface area (Å²) in [4.78, 5) is 0. The van der Waals surface area contributed by atoms with E-state index >= 15 is 0 Å². The van der Waals surface area contributed by atoms with Crippen molar-refractivity contribution in [1.29, 1.82) is 0 Å². The molecule has 56 valence electrons. The Morgan fingerprint density at radius 1 is 1.27 bits per heavy atom. The minimum Gasteiger partial charge on any atom is -0.0835 e. The number of rotatable bonds is 0. The molecule has 1 aliphatic carbocycles. The van der Waals surface area contributed by atoms with E-state index in [4.69, 9.17) is 0 Å². The molecule has 0 aromatic heterocycles. The molecule has 0 bridgehead atoms. The number of hydrogen-bond donors (Lipinski definition) is 0. The smallest absolute Gasteiger partial charge is 0.000748 e. The maximum absolute atomic E-state index is 2.28. The van der Waals surface area contributed by atoms with E-state index in [0.29, 0.717) is 5.92 Å². The summed E-state index contributed by atoms with van der Waals surface area (Å²) in [5, 5.41) is 0. The number of hydrogen-bond acceptors (Lipinski definition) is 0. The molecule has 0 unspecified atom stereocenters. The summed E-state index contributed by atoms with van der Waals surface area (Å²) in [5.41, 5.74) is 2.98. The molecule has 0 heteroatoms. The fraction of sp³-hybridized carbons (Fsp3) is 0.273. The van der Waals surface area contributed by atoms with E-state index in [9.17, 15) is 0 Å². The van der Waals surface area contributed by atoms with Gasteiger partial charge in [0.25, 0.3) is 0 Å². The lowest BCUT2D eigenvalue weighted by Gasteiger charge is -2.16. The second kappa shape index (κ2) is 2.54. The van der Waals surface area contributed by atoms with Gasteiger partial charge in [-0.3, -0.25) is 0 Å². The van der Waals surface area contributed by atoms with Crippen molar-refractivity contribution in [2.24, 2.45) is 0 Å². The minimum absolute atomic E-state index is 0.611. The third kappa shape index (κ3) is 1.09. The molecule has 0 saturated carbocycles. The summed E-state index contributed by atoms with van der Waals surface area (Å²) in [6.07, 6.45) is 5.65. The molecule has 1 aromatic rings. The summed E-state index contributed by atoms with van der Waals surface area (Å²) in [7, 11) is 0. The van der Waals surface area contributed by atoms with E-state index in [1.165, 1.54) is 11.1 Å². The monoisotopic (exact) mass is 144 g/mol. The first-order valence-electron chi connectivity index (χ1n) is 4.12. The third-order valence-electron chi connectivity index (χ3n) is 2.31. The zero-order valence-corrected chi connectivity index (χ0v) is 6.75. The Morgan fingerprint density at radius 3 is 2.91 bits per heavy atom. The van der Waals surface area contributed by atoms with Gasteiger partial charge in [0.2, 0.25) is 0 Å². The average Bonchev–Trinajstić information content (AvgIpc) is 2.06. The summed E-state index contributed by atoms with van der Waals surface area (Å²) >= 11 is 0. The normalized spacial score (nSPS) is 21.4. The molecule has 0 saturated heterocycles. The Kier molecular flexibility index (Phi) is 1.54. The van der Waals surface area contributed by atoms with Crippen molar-refractivity contribution in [1.82, 2.24) is 0 Å². The highest BCUT2D eigenvalue weighted by atomic mass is 14.1. The molecule has 0 spiro atoms. The summed E-state index contributed by atoms with van der Waals surface area (Å²) in [6, 6.07) is 8.68. The molecule has 1 atom stereocenters. The second-order valence-corrected chi connectivity index (χ2v) is 3.12. The van der Waals surface area contributed by atoms with Gasteiger partial charge in [0, 0.05) is 0 Å². The topological polar surface area (TPSA) is 0 Å². The minimum atomic E-state index is 0.611. The molecule has 0 radical (unpaired) electrons. The van der Waals surface area contributed by atoms with Gasteiger partial charge in [-0.05, 0) is 23.5 Å². The Morgan fingerprint density at radius 2 is 2.09 bits per heavy atom. The standard InChI is InChI=1S/C11H12/c1-9-5-4-7-10-6-2-3-8-11(9)10/h2-6,8-9H,7H2,1H3/t9-/m1/s1. The van der Waals surface area contributed by atoms with Crippen molar-refractivity contribution in [2.45, 2.75) is 19.3 Å². The lowest BCUT2D eigenvalue weighted by molar-refractivity contribution is 0.908. The Bertz CT molecular complexity index is 284. The van der Waals surface area contributed by atoms with Gasteiger partial charge < -0.3 is 0 Å². The van der Waals surface area contributed by atoms with Crippen LogP contribution in [0.4, 0.5) is 0 Å². The van der Waals surface area contributed by atoms with Crippen LogP contribution in [0.15, 0.2) is 36.4 Å². The largest absolute Gasteiger partial charge is 0.0835 e. The van der Waals surface area contributed by atoms with Gasteiger partial charge in [0.05, 0.1) is 0 Å². The van der Waals surface area contributed by atoms with Gasteiger partial charge in [0.1, 0.15) is 0 Å². The predicted molar refractivity (Wildman–Crippen MR) is 47.7 cm³/mol. The fourth-order valence-corrected chi connectivity index (χ4v) is 1.67. The van der Waals surface area contributed by atoms with Crippen LogP contribution >= 0.6 is 0 Å². The van der Waals surface area contributed by atoms with Crippen molar-refractivity contribution in [2.75, 3.05) is 0 Å². The highest BCUT2D eigenvalue weighted by Gasteiger charge is 2.09. The first-order valence-corrected chi connectivity index (χ1v) is 4.12. The van der Waals surface area contributed by atoms with Gasteiger partial charge in [-0.2, -0.15) is 0 Å². The van der Waals surface area contributed by atoms with Gasteiger partial charge in [-0.15, -0.1) is 0 Å². The molecule has 0 nitrogen and oxygen atoms in total. The van der Waals surface area contributed by atoms with Crippen molar-refractivity contribution in [3.05, 3.63) is 47.5 Å². The first-order chi connectivity index (χ1) is 5.38. The Labute approximate surface area is 67.6 Å². The lowest BCUT2D eigenvalue weighted by atomic mass is 9.89. The highest BCUT2D eigenvalue weighted by Crippen LogP contribution is 2.25. The summed E-state index contributed by atoms with van der Waals surface area (Å²) in [6.45, 7) is 2.24. The van der Waals surface area contributed by atoms with E-state index in [1.807, 2.05) is 0 Å². The van der Waals surface area contributed by atoms with Crippen molar-refractivity contribution >= 4 is 0 Å². The molecule has 1 aromatic carbocycles. The zero-order valence-electron chi connectivity index (χ0n) is 6.75. The molecular formula is C11H12. The lowest BCUT2D eigenvalue weighted by Crippen LogP contribution is -2.00. The van der Waals surface area contributed by atoms with Crippen LogP contribution in [0, 0.1) is 0 Å². The maximum Gasteiger partial charge on any atom is -0.000748 e. The molecule has 0 fully saturated rings. The van der Waals surface area contributed by atoms with Crippen LogP contribution in [0.2, 0.25) is 0 Å². The van der Waals surface area contributed by atoms with E-state index < -0.39 is 0 Å². The van der Waals surface area contributed by atoms with Gasteiger partial charge in [-0.25, -0.2) is 0 Å². The quantitative estimate of drug-likeness (QED) is 0.491. The van der Waals surface area contributed by atoms with Crippen LogP contribution in [-0.2, 0) is 6.42 Å². The third-order valence-corrected chi connectivity index (χ3v) is 2.31. The first kappa shape index (κ1) is 6.66. The van der Waals surface area contributed by atoms with Crippen LogP contribution in [-0.4, -0.2) is 0 Å². The SMILES string of the molecule is C[C@@H]1C=CCc2ccccc21.